The number of benzene rings is 2. The van der Waals surface area contributed by atoms with Gasteiger partial charge >= 0.3 is 0 Å². The van der Waals surface area contributed by atoms with Crippen molar-refractivity contribution in [3.05, 3.63) is 63.9 Å². The smallest absolute Gasteiger partial charge is 0.271 e. The molecule has 0 bridgehead atoms. The molecule has 21 heavy (non-hydrogen) atoms. The van der Waals surface area contributed by atoms with E-state index in [0.29, 0.717) is 10.6 Å². The van der Waals surface area contributed by atoms with E-state index in [1.165, 1.54) is 11.3 Å². The number of rotatable bonds is 2. The Hall–Kier alpha value is -2.11. The van der Waals surface area contributed by atoms with Gasteiger partial charge in [-0.05, 0) is 36.4 Å². The molecule has 3 rings (SSSR count). The molecule has 0 unspecified atom stereocenters. The van der Waals surface area contributed by atoms with E-state index in [0.717, 1.165) is 15.0 Å². The van der Waals surface area contributed by atoms with E-state index in [4.69, 9.17) is 11.6 Å². The highest BCUT2D eigenvalue weighted by Gasteiger charge is 2.05. The number of amides is 1. The van der Waals surface area contributed by atoms with Crippen LogP contribution in [0.3, 0.4) is 0 Å². The van der Waals surface area contributed by atoms with Gasteiger partial charge in [0.1, 0.15) is 0 Å². The monoisotopic (exact) mass is 317 g/mol. The molecule has 3 aromatic rings. The normalized spacial score (nSPS) is 11.8. The van der Waals surface area contributed by atoms with Crippen molar-refractivity contribution in [1.82, 2.24) is 9.99 Å². The Morgan fingerprint density at radius 3 is 2.62 bits per heavy atom. The van der Waals surface area contributed by atoms with Crippen LogP contribution in [0.2, 0.25) is 5.02 Å². The number of para-hydroxylation sites is 1. The van der Waals surface area contributed by atoms with Gasteiger partial charge in [0.15, 0.2) is 0 Å². The Kier molecular flexibility index (Phi) is 3.77. The maximum absolute atomic E-state index is 12.0. The van der Waals surface area contributed by atoms with Crippen LogP contribution in [0.15, 0.2) is 53.6 Å². The molecule has 1 heterocycles. The molecule has 0 radical (unpaired) electrons. The Labute approximate surface area is 130 Å². The first kappa shape index (κ1) is 13.9. The lowest BCUT2D eigenvalue weighted by Gasteiger charge is -1.99. The number of nitrogens with one attached hydrogen (secondary N) is 1. The molecule has 0 aliphatic carbocycles. The number of carbonyl (C=O) groups is 1. The Morgan fingerprint density at radius 1 is 1.19 bits per heavy atom. The van der Waals surface area contributed by atoms with Crippen molar-refractivity contribution < 1.29 is 4.79 Å². The second kappa shape index (κ2) is 5.71. The first-order chi connectivity index (χ1) is 10.1. The number of hydrogen-bond donors (Lipinski definition) is 1. The van der Waals surface area contributed by atoms with Crippen LogP contribution in [0.5, 0.6) is 0 Å². The lowest BCUT2D eigenvalue weighted by atomic mass is 10.2. The number of fused-ring (bicyclic) bond motifs is 1. The molecule has 0 aliphatic rings. The third-order valence-corrected chi connectivity index (χ3v) is 4.44. The molecule has 2 aromatic carbocycles. The first-order valence-corrected chi connectivity index (χ1v) is 7.49. The highest BCUT2D eigenvalue weighted by molar-refractivity contribution is 7.16. The van der Waals surface area contributed by atoms with E-state index in [9.17, 15) is 4.79 Å². The summed E-state index contributed by atoms with van der Waals surface area (Å²) >= 11 is 7.32. The molecule has 0 fully saturated rings. The highest BCUT2D eigenvalue weighted by atomic mass is 35.5. The van der Waals surface area contributed by atoms with E-state index in [-0.39, 0.29) is 5.91 Å². The zero-order valence-electron chi connectivity index (χ0n) is 11.2. The van der Waals surface area contributed by atoms with Crippen molar-refractivity contribution in [2.24, 2.45) is 12.1 Å². The van der Waals surface area contributed by atoms with Crippen LogP contribution in [0.1, 0.15) is 10.4 Å². The number of halogens is 1. The third kappa shape index (κ3) is 2.84. The summed E-state index contributed by atoms with van der Waals surface area (Å²) in [6, 6.07) is 14.7. The van der Waals surface area contributed by atoms with E-state index < -0.39 is 0 Å². The van der Waals surface area contributed by atoms with Crippen molar-refractivity contribution >= 4 is 39.1 Å². The molecular weight excluding hydrogens is 306 g/mol. The van der Waals surface area contributed by atoms with Crippen LogP contribution in [0.4, 0.5) is 0 Å². The number of hydrogen-bond acceptors (Lipinski definition) is 3. The number of thiazole rings is 1. The highest BCUT2D eigenvalue weighted by Crippen LogP contribution is 2.15. The van der Waals surface area contributed by atoms with E-state index in [1.807, 2.05) is 35.9 Å². The maximum atomic E-state index is 12.0. The topological polar surface area (TPSA) is 46.4 Å². The zero-order chi connectivity index (χ0) is 14.8. The summed E-state index contributed by atoms with van der Waals surface area (Å²) < 4.78 is 3.07. The van der Waals surface area contributed by atoms with E-state index in [1.54, 1.807) is 24.3 Å². The summed E-state index contributed by atoms with van der Waals surface area (Å²) in [5, 5.41) is 4.79. The van der Waals surface area contributed by atoms with Crippen molar-refractivity contribution in [1.29, 1.82) is 0 Å². The van der Waals surface area contributed by atoms with Crippen LogP contribution < -0.4 is 10.2 Å². The van der Waals surface area contributed by atoms with Gasteiger partial charge < -0.3 is 4.57 Å². The average molecular weight is 318 g/mol. The molecular formula is C15H12ClN3OS. The standard InChI is InChI=1S/C15H12ClN3OS/c1-19-12-4-2-3-5-13(12)21-15(19)18-17-14(20)10-6-8-11(16)9-7-10/h2-9H,1H3,(H,17,20). The summed E-state index contributed by atoms with van der Waals surface area (Å²) in [5.74, 6) is -0.260. The van der Waals surface area contributed by atoms with E-state index >= 15 is 0 Å². The molecule has 0 saturated heterocycles. The predicted octanol–water partition coefficient (Wildman–Crippen LogP) is 3.14. The second-order valence-electron chi connectivity index (χ2n) is 4.47. The third-order valence-electron chi connectivity index (χ3n) is 3.07. The molecule has 4 nitrogen and oxygen atoms in total. The average Bonchev–Trinajstić information content (AvgIpc) is 2.82. The van der Waals surface area contributed by atoms with Gasteiger partial charge in [-0.3, -0.25) is 4.79 Å². The van der Waals surface area contributed by atoms with Gasteiger partial charge in [0, 0.05) is 17.6 Å². The molecule has 1 N–H and O–H groups in total. The predicted molar refractivity (Wildman–Crippen MR) is 85.3 cm³/mol. The summed E-state index contributed by atoms with van der Waals surface area (Å²) in [6.45, 7) is 0. The van der Waals surface area contributed by atoms with Crippen molar-refractivity contribution in [3.8, 4) is 0 Å². The Balaban J connectivity index is 1.89. The lowest BCUT2D eigenvalue weighted by molar-refractivity contribution is 0.0953. The van der Waals surface area contributed by atoms with Crippen LogP contribution in [0.25, 0.3) is 10.2 Å². The van der Waals surface area contributed by atoms with Crippen molar-refractivity contribution in [2.45, 2.75) is 0 Å². The first-order valence-electron chi connectivity index (χ1n) is 6.29. The number of nitrogens with zero attached hydrogens (tertiary/aromatic N) is 2. The van der Waals surface area contributed by atoms with Gasteiger partial charge in [-0.25, -0.2) is 5.43 Å². The number of carbonyl (C=O) groups excluding carboxylic acids is 1. The molecule has 0 aliphatic heterocycles. The minimum absolute atomic E-state index is 0.260. The van der Waals surface area contributed by atoms with Gasteiger partial charge in [-0.2, -0.15) is 0 Å². The Bertz CT molecular complexity index is 865. The fourth-order valence-electron chi connectivity index (χ4n) is 1.95. The quantitative estimate of drug-likeness (QED) is 0.725. The fourth-order valence-corrected chi connectivity index (χ4v) is 3.06. The van der Waals surface area contributed by atoms with Crippen LogP contribution in [-0.2, 0) is 7.05 Å². The minimum Gasteiger partial charge on any atom is -0.318 e. The molecule has 0 atom stereocenters. The summed E-state index contributed by atoms with van der Waals surface area (Å²) in [5.41, 5.74) is 4.17. The van der Waals surface area contributed by atoms with Gasteiger partial charge in [-0.1, -0.05) is 35.1 Å². The van der Waals surface area contributed by atoms with E-state index in [2.05, 4.69) is 10.5 Å². The summed E-state index contributed by atoms with van der Waals surface area (Å²) in [4.78, 5) is 12.7. The Morgan fingerprint density at radius 2 is 1.90 bits per heavy atom. The minimum atomic E-state index is -0.260. The van der Waals surface area contributed by atoms with Crippen LogP contribution in [0, 0.1) is 0 Å². The van der Waals surface area contributed by atoms with Gasteiger partial charge in [0.25, 0.3) is 5.91 Å². The van der Waals surface area contributed by atoms with Crippen LogP contribution in [-0.4, -0.2) is 10.5 Å². The molecule has 6 heteroatoms. The lowest BCUT2D eigenvalue weighted by Crippen LogP contribution is -2.23. The number of aryl methyl sites for hydroxylation is 1. The van der Waals surface area contributed by atoms with Crippen molar-refractivity contribution in [3.63, 3.8) is 0 Å². The molecule has 106 valence electrons. The van der Waals surface area contributed by atoms with Gasteiger partial charge in [0.2, 0.25) is 4.80 Å². The number of aromatic nitrogens is 1. The van der Waals surface area contributed by atoms with Gasteiger partial charge in [-0.15, -0.1) is 5.10 Å². The van der Waals surface area contributed by atoms with Crippen LogP contribution >= 0.6 is 22.9 Å². The maximum Gasteiger partial charge on any atom is 0.271 e. The molecule has 1 amide bonds. The zero-order valence-corrected chi connectivity index (χ0v) is 12.8. The SMILES string of the molecule is Cn1c(=NNC(=O)c2ccc(Cl)cc2)sc2ccccc21. The molecule has 1 aromatic heterocycles. The van der Waals surface area contributed by atoms with Gasteiger partial charge in [0.05, 0.1) is 10.2 Å². The molecule has 0 saturated carbocycles. The second-order valence-corrected chi connectivity index (χ2v) is 5.92. The summed E-state index contributed by atoms with van der Waals surface area (Å²) in [6.07, 6.45) is 0. The fraction of sp³-hybridized carbons (Fsp3) is 0.0667. The van der Waals surface area contributed by atoms with Crippen molar-refractivity contribution in [2.75, 3.05) is 0 Å². The largest absolute Gasteiger partial charge is 0.318 e. The summed E-state index contributed by atoms with van der Waals surface area (Å²) in [7, 11) is 1.92. The molecule has 0 spiro atoms.